The van der Waals surface area contributed by atoms with Gasteiger partial charge in [-0.25, -0.2) is 8.78 Å². The number of nitriles is 1. The predicted molar refractivity (Wildman–Crippen MR) is 84.3 cm³/mol. The van der Waals surface area contributed by atoms with Gasteiger partial charge in [-0.1, -0.05) is 12.1 Å². The fourth-order valence-corrected chi connectivity index (χ4v) is 2.50. The molecule has 0 amide bonds. The van der Waals surface area contributed by atoms with Crippen molar-refractivity contribution in [3.05, 3.63) is 78.0 Å². The largest absolute Gasteiger partial charge is 0.256 e. The number of benzene rings is 2. The molecule has 3 aromatic rings. The Hall–Kier alpha value is -3.06. The lowest BCUT2D eigenvalue weighted by Gasteiger charge is -2.13. The molecule has 0 saturated heterocycles. The van der Waals surface area contributed by atoms with Crippen molar-refractivity contribution in [2.75, 3.05) is 0 Å². The SMILES string of the molecule is N#CCc1ccnc(-c2ccc(F)cc2)c1-c1ccc(F)cc1. The molecule has 0 aliphatic carbocycles. The molecule has 23 heavy (non-hydrogen) atoms. The summed E-state index contributed by atoms with van der Waals surface area (Å²) >= 11 is 0. The average Bonchev–Trinajstić information content (AvgIpc) is 2.57. The van der Waals surface area contributed by atoms with Crippen LogP contribution in [0.4, 0.5) is 8.78 Å². The molecule has 0 aliphatic heterocycles. The van der Waals surface area contributed by atoms with Gasteiger partial charge in [0.25, 0.3) is 0 Å². The van der Waals surface area contributed by atoms with Crippen LogP contribution in [0, 0.1) is 23.0 Å². The molecule has 0 fully saturated rings. The van der Waals surface area contributed by atoms with Crippen LogP contribution in [-0.4, -0.2) is 4.98 Å². The summed E-state index contributed by atoms with van der Waals surface area (Å²) in [6.45, 7) is 0. The summed E-state index contributed by atoms with van der Waals surface area (Å²) in [5.74, 6) is -0.659. The Balaban J connectivity index is 2.23. The summed E-state index contributed by atoms with van der Waals surface area (Å²) in [5, 5.41) is 9.05. The van der Waals surface area contributed by atoms with Crippen LogP contribution in [0.25, 0.3) is 22.4 Å². The van der Waals surface area contributed by atoms with Gasteiger partial charge in [-0.05, 0) is 53.6 Å². The lowest BCUT2D eigenvalue weighted by atomic mass is 9.93. The van der Waals surface area contributed by atoms with Gasteiger partial charge in [-0.2, -0.15) is 5.26 Å². The van der Waals surface area contributed by atoms with Crippen LogP contribution in [0.1, 0.15) is 5.56 Å². The molecular weight excluding hydrogens is 294 g/mol. The first-order valence-electron chi connectivity index (χ1n) is 7.06. The highest BCUT2D eigenvalue weighted by molar-refractivity contribution is 5.83. The van der Waals surface area contributed by atoms with E-state index in [9.17, 15) is 8.78 Å². The summed E-state index contributed by atoms with van der Waals surface area (Å²) < 4.78 is 26.4. The highest BCUT2D eigenvalue weighted by Crippen LogP contribution is 2.33. The molecule has 1 heterocycles. The van der Waals surface area contributed by atoms with Crippen molar-refractivity contribution in [2.24, 2.45) is 0 Å². The van der Waals surface area contributed by atoms with Gasteiger partial charge in [0.1, 0.15) is 11.6 Å². The Bertz CT molecular complexity index is 863. The van der Waals surface area contributed by atoms with E-state index in [2.05, 4.69) is 11.1 Å². The minimum absolute atomic E-state index is 0.212. The van der Waals surface area contributed by atoms with Crippen LogP contribution < -0.4 is 0 Å². The molecule has 0 N–H and O–H groups in total. The van der Waals surface area contributed by atoms with Gasteiger partial charge >= 0.3 is 0 Å². The first-order valence-corrected chi connectivity index (χ1v) is 7.06. The maximum atomic E-state index is 13.2. The monoisotopic (exact) mass is 306 g/mol. The summed E-state index contributed by atoms with van der Waals surface area (Å²) in [4.78, 5) is 4.39. The number of hydrogen-bond acceptors (Lipinski definition) is 2. The summed E-state index contributed by atoms with van der Waals surface area (Å²) in [6.07, 6.45) is 1.84. The molecule has 4 heteroatoms. The molecule has 3 rings (SSSR count). The number of pyridine rings is 1. The van der Waals surface area contributed by atoms with Crippen LogP contribution in [0.15, 0.2) is 60.8 Å². The Kier molecular flexibility index (Phi) is 4.11. The zero-order chi connectivity index (χ0) is 16.2. The second kappa shape index (κ2) is 6.37. The minimum atomic E-state index is -0.331. The second-order valence-corrected chi connectivity index (χ2v) is 5.04. The van der Waals surface area contributed by atoms with Crippen molar-refractivity contribution in [1.82, 2.24) is 4.98 Å². The molecule has 0 radical (unpaired) electrons. The third-order valence-corrected chi connectivity index (χ3v) is 3.56. The van der Waals surface area contributed by atoms with E-state index in [1.807, 2.05) is 0 Å². The molecule has 0 bridgehead atoms. The second-order valence-electron chi connectivity index (χ2n) is 5.04. The van der Waals surface area contributed by atoms with Gasteiger partial charge in [0, 0.05) is 17.3 Å². The number of nitrogens with zero attached hydrogens (tertiary/aromatic N) is 2. The number of hydrogen-bond donors (Lipinski definition) is 0. The summed E-state index contributed by atoms with van der Waals surface area (Å²) in [5.41, 5.74) is 3.72. The smallest absolute Gasteiger partial charge is 0.123 e. The molecule has 2 aromatic carbocycles. The normalized spacial score (nSPS) is 10.3. The van der Waals surface area contributed by atoms with Gasteiger partial charge < -0.3 is 0 Å². The van der Waals surface area contributed by atoms with E-state index in [0.717, 1.165) is 22.3 Å². The maximum absolute atomic E-state index is 13.2. The molecule has 0 spiro atoms. The summed E-state index contributed by atoms with van der Waals surface area (Å²) in [7, 11) is 0. The van der Waals surface area contributed by atoms with Crippen molar-refractivity contribution in [3.63, 3.8) is 0 Å². The van der Waals surface area contributed by atoms with E-state index in [4.69, 9.17) is 5.26 Å². The van der Waals surface area contributed by atoms with Gasteiger partial charge in [0.15, 0.2) is 0 Å². The molecule has 0 atom stereocenters. The maximum Gasteiger partial charge on any atom is 0.123 e. The van der Waals surface area contributed by atoms with E-state index < -0.39 is 0 Å². The molecule has 112 valence electrons. The Morgan fingerprint density at radius 3 is 1.96 bits per heavy atom. The first kappa shape index (κ1) is 14.9. The van der Waals surface area contributed by atoms with Crippen molar-refractivity contribution in [2.45, 2.75) is 6.42 Å². The fraction of sp³-hybridized carbons (Fsp3) is 0.0526. The molecule has 0 unspecified atom stereocenters. The van der Waals surface area contributed by atoms with Crippen molar-refractivity contribution < 1.29 is 8.78 Å². The highest BCUT2D eigenvalue weighted by atomic mass is 19.1. The van der Waals surface area contributed by atoms with Gasteiger partial charge in [0.2, 0.25) is 0 Å². The van der Waals surface area contributed by atoms with E-state index in [1.54, 1.807) is 36.5 Å². The Labute approximate surface area is 132 Å². The zero-order valence-electron chi connectivity index (χ0n) is 12.1. The Morgan fingerprint density at radius 2 is 1.39 bits per heavy atom. The third kappa shape index (κ3) is 3.09. The van der Waals surface area contributed by atoms with Crippen molar-refractivity contribution in [3.8, 4) is 28.5 Å². The van der Waals surface area contributed by atoms with E-state index in [1.165, 1.54) is 24.3 Å². The lowest BCUT2D eigenvalue weighted by Crippen LogP contribution is -1.96. The first-order chi connectivity index (χ1) is 11.2. The molecule has 0 aliphatic rings. The van der Waals surface area contributed by atoms with Crippen LogP contribution in [0.3, 0.4) is 0 Å². The lowest BCUT2D eigenvalue weighted by molar-refractivity contribution is 0.627. The number of rotatable bonds is 3. The highest BCUT2D eigenvalue weighted by Gasteiger charge is 2.14. The quantitative estimate of drug-likeness (QED) is 0.699. The fourth-order valence-electron chi connectivity index (χ4n) is 2.50. The topological polar surface area (TPSA) is 36.7 Å². The summed E-state index contributed by atoms with van der Waals surface area (Å²) in [6, 6.07) is 16.0. The third-order valence-electron chi connectivity index (χ3n) is 3.56. The van der Waals surface area contributed by atoms with E-state index >= 15 is 0 Å². The molecular formula is C19H12F2N2. The standard InChI is InChI=1S/C19H12F2N2/c20-16-5-1-13(2-6-16)18-14(9-11-22)10-12-23-19(18)15-3-7-17(21)8-4-15/h1-8,10,12H,9H2. The van der Waals surface area contributed by atoms with Gasteiger partial charge in [0.05, 0.1) is 18.2 Å². The van der Waals surface area contributed by atoms with Crippen molar-refractivity contribution in [1.29, 1.82) is 5.26 Å². The predicted octanol–water partition coefficient (Wildman–Crippen LogP) is 4.76. The van der Waals surface area contributed by atoms with E-state index in [0.29, 0.717) is 5.69 Å². The zero-order valence-corrected chi connectivity index (χ0v) is 12.1. The van der Waals surface area contributed by atoms with Crippen LogP contribution in [0.5, 0.6) is 0 Å². The Morgan fingerprint density at radius 1 is 0.826 bits per heavy atom. The molecule has 0 saturated carbocycles. The van der Waals surface area contributed by atoms with Gasteiger partial charge in [-0.3, -0.25) is 4.98 Å². The average molecular weight is 306 g/mol. The van der Waals surface area contributed by atoms with Crippen LogP contribution >= 0.6 is 0 Å². The minimum Gasteiger partial charge on any atom is -0.256 e. The van der Waals surface area contributed by atoms with E-state index in [-0.39, 0.29) is 18.1 Å². The number of halogens is 2. The molecule has 2 nitrogen and oxygen atoms in total. The van der Waals surface area contributed by atoms with Crippen molar-refractivity contribution >= 4 is 0 Å². The van der Waals surface area contributed by atoms with Crippen LogP contribution in [-0.2, 0) is 6.42 Å². The van der Waals surface area contributed by atoms with Crippen LogP contribution in [0.2, 0.25) is 0 Å². The molecule has 1 aromatic heterocycles. The van der Waals surface area contributed by atoms with Gasteiger partial charge in [-0.15, -0.1) is 0 Å². The number of aromatic nitrogens is 1.